The van der Waals surface area contributed by atoms with Gasteiger partial charge in [0.15, 0.2) is 8.32 Å². The minimum absolute atomic E-state index is 0.374. The Bertz CT molecular complexity index is 484. The van der Waals surface area contributed by atoms with Crippen molar-refractivity contribution >= 4 is 8.32 Å². The molecule has 0 saturated heterocycles. The van der Waals surface area contributed by atoms with E-state index in [4.69, 9.17) is 4.43 Å². The van der Waals surface area contributed by atoms with E-state index >= 15 is 0 Å². The van der Waals surface area contributed by atoms with Gasteiger partial charge in [0.2, 0.25) is 0 Å². The number of hydrogen-bond donors (Lipinski definition) is 0. The molecule has 1 rings (SSSR count). The Morgan fingerprint density at radius 2 is 1.72 bits per heavy atom. The smallest absolute Gasteiger partial charge is 0.185 e. The summed E-state index contributed by atoms with van der Waals surface area (Å²) in [4.78, 5) is 0. The molecular weight excluding hydrogens is 236 g/mol. The molecule has 0 saturated carbocycles. The summed E-state index contributed by atoms with van der Waals surface area (Å²) >= 11 is 0. The highest BCUT2D eigenvalue weighted by Gasteiger charge is 2.25. The summed E-state index contributed by atoms with van der Waals surface area (Å²) < 4.78 is 6.08. The van der Waals surface area contributed by atoms with Gasteiger partial charge in [-0.3, -0.25) is 0 Å². The quantitative estimate of drug-likeness (QED) is 0.569. The van der Waals surface area contributed by atoms with Crippen LogP contribution in [0.25, 0.3) is 0 Å². The van der Waals surface area contributed by atoms with Crippen molar-refractivity contribution < 1.29 is 4.43 Å². The molecule has 0 N–H and O–H groups in total. The highest BCUT2D eigenvalue weighted by molar-refractivity contribution is 6.69. The standard InChI is InChI=1S/C16H24OSi/c1-13-8-9-14(2)15(12-13)10-11-16(3,4)17-18(5,6)7/h8-9,12H,1-7H3. The zero-order valence-corrected chi connectivity index (χ0v) is 13.6. The third-order valence-corrected chi connectivity index (χ3v) is 3.58. The largest absolute Gasteiger partial charge is 0.402 e. The van der Waals surface area contributed by atoms with Gasteiger partial charge in [0.1, 0.15) is 5.60 Å². The second kappa shape index (κ2) is 5.30. The summed E-state index contributed by atoms with van der Waals surface area (Å²) in [6.45, 7) is 14.8. The van der Waals surface area contributed by atoms with Gasteiger partial charge in [0.25, 0.3) is 0 Å². The molecule has 18 heavy (non-hydrogen) atoms. The van der Waals surface area contributed by atoms with Crippen LogP contribution in [0.5, 0.6) is 0 Å². The van der Waals surface area contributed by atoms with Crippen LogP contribution < -0.4 is 0 Å². The van der Waals surface area contributed by atoms with Gasteiger partial charge in [-0.25, -0.2) is 0 Å². The van der Waals surface area contributed by atoms with Gasteiger partial charge >= 0.3 is 0 Å². The van der Waals surface area contributed by atoms with Crippen molar-refractivity contribution in [1.82, 2.24) is 0 Å². The Labute approximate surface area is 113 Å². The molecule has 0 amide bonds. The Kier molecular flexibility index (Phi) is 4.42. The van der Waals surface area contributed by atoms with E-state index in [-0.39, 0.29) is 5.60 Å². The van der Waals surface area contributed by atoms with Gasteiger partial charge in [-0.05, 0) is 64.5 Å². The number of benzene rings is 1. The lowest BCUT2D eigenvalue weighted by Crippen LogP contribution is -2.37. The SMILES string of the molecule is Cc1ccc(C)c(C#CC(C)(C)O[Si](C)(C)C)c1. The molecule has 1 aromatic rings. The minimum atomic E-state index is -1.56. The molecule has 0 unspecified atom stereocenters. The van der Waals surface area contributed by atoms with Crippen molar-refractivity contribution in [2.24, 2.45) is 0 Å². The summed E-state index contributed by atoms with van der Waals surface area (Å²) in [5.74, 6) is 6.53. The molecule has 0 radical (unpaired) electrons. The minimum Gasteiger partial charge on any atom is -0.402 e. The molecule has 0 fully saturated rings. The van der Waals surface area contributed by atoms with Gasteiger partial charge in [-0.15, -0.1) is 0 Å². The van der Waals surface area contributed by atoms with E-state index < -0.39 is 8.32 Å². The van der Waals surface area contributed by atoms with Crippen LogP contribution in [0.4, 0.5) is 0 Å². The predicted octanol–water partition coefficient (Wildman–Crippen LogP) is 4.29. The van der Waals surface area contributed by atoms with Crippen molar-refractivity contribution in [1.29, 1.82) is 0 Å². The van der Waals surface area contributed by atoms with Crippen LogP contribution in [0.3, 0.4) is 0 Å². The first-order chi connectivity index (χ1) is 8.09. The second-order valence-corrected chi connectivity index (χ2v) is 10.7. The van der Waals surface area contributed by atoms with E-state index in [9.17, 15) is 0 Å². The van der Waals surface area contributed by atoms with Gasteiger partial charge in [-0.2, -0.15) is 0 Å². The van der Waals surface area contributed by atoms with Crippen LogP contribution in [0.2, 0.25) is 19.6 Å². The van der Waals surface area contributed by atoms with Crippen molar-refractivity contribution in [3.05, 3.63) is 34.9 Å². The van der Waals surface area contributed by atoms with E-state index in [0.717, 1.165) is 5.56 Å². The van der Waals surface area contributed by atoms with Gasteiger partial charge in [0, 0.05) is 5.56 Å². The molecule has 0 aliphatic rings. The molecule has 2 heteroatoms. The Morgan fingerprint density at radius 3 is 2.28 bits per heavy atom. The molecule has 0 aliphatic carbocycles. The predicted molar refractivity (Wildman–Crippen MR) is 81.3 cm³/mol. The van der Waals surface area contributed by atoms with Gasteiger partial charge in [-0.1, -0.05) is 24.0 Å². The van der Waals surface area contributed by atoms with Crippen LogP contribution >= 0.6 is 0 Å². The fourth-order valence-electron chi connectivity index (χ4n) is 1.88. The molecule has 0 atom stereocenters. The maximum atomic E-state index is 6.08. The maximum absolute atomic E-state index is 6.08. The van der Waals surface area contributed by atoms with E-state index in [0.29, 0.717) is 0 Å². The summed E-state index contributed by atoms with van der Waals surface area (Å²) in [5.41, 5.74) is 3.19. The molecule has 0 aromatic heterocycles. The first-order valence-corrected chi connectivity index (χ1v) is 9.80. The number of rotatable bonds is 2. The topological polar surface area (TPSA) is 9.23 Å². The first-order valence-electron chi connectivity index (χ1n) is 6.40. The Balaban J connectivity index is 2.97. The molecule has 1 nitrogen and oxygen atoms in total. The monoisotopic (exact) mass is 260 g/mol. The van der Waals surface area contributed by atoms with Crippen molar-refractivity contribution in [2.45, 2.75) is 52.9 Å². The van der Waals surface area contributed by atoms with Gasteiger partial charge in [0.05, 0.1) is 0 Å². The second-order valence-electron chi connectivity index (χ2n) is 6.29. The Hall–Kier alpha value is -1.04. The molecule has 1 aromatic carbocycles. The first kappa shape index (κ1) is 15.0. The summed E-state index contributed by atoms with van der Waals surface area (Å²) in [7, 11) is -1.56. The molecular formula is C16H24OSi. The van der Waals surface area contributed by atoms with Crippen molar-refractivity contribution in [2.75, 3.05) is 0 Å². The lowest BCUT2D eigenvalue weighted by Gasteiger charge is -2.28. The zero-order chi connectivity index (χ0) is 14.0. The normalized spacial score (nSPS) is 11.9. The van der Waals surface area contributed by atoms with Crippen LogP contribution in [-0.2, 0) is 4.43 Å². The molecule has 98 valence electrons. The van der Waals surface area contributed by atoms with E-state index in [2.05, 4.69) is 63.5 Å². The average Bonchev–Trinajstić information content (AvgIpc) is 2.16. The fraction of sp³-hybridized carbons (Fsp3) is 0.500. The van der Waals surface area contributed by atoms with E-state index in [1.54, 1.807) is 0 Å². The number of hydrogen-bond acceptors (Lipinski definition) is 1. The highest BCUT2D eigenvalue weighted by Crippen LogP contribution is 2.17. The molecule has 0 bridgehead atoms. The summed E-state index contributed by atoms with van der Waals surface area (Å²) in [6, 6.07) is 6.36. The summed E-state index contributed by atoms with van der Waals surface area (Å²) in [5, 5.41) is 0. The Morgan fingerprint density at radius 1 is 1.11 bits per heavy atom. The molecule has 0 heterocycles. The molecule has 0 spiro atoms. The zero-order valence-electron chi connectivity index (χ0n) is 12.6. The third-order valence-electron chi connectivity index (χ3n) is 2.45. The van der Waals surface area contributed by atoms with Crippen molar-refractivity contribution in [3.63, 3.8) is 0 Å². The van der Waals surface area contributed by atoms with Crippen LogP contribution in [-0.4, -0.2) is 13.9 Å². The maximum Gasteiger partial charge on any atom is 0.185 e. The number of aryl methyl sites for hydroxylation is 2. The molecule has 0 aliphatic heterocycles. The van der Waals surface area contributed by atoms with Gasteiger partial charge < -0.3 is 4.43 Å². The lowest BCUT2D eigenvalue weighted by molar-refractivity contribution is 0.164. The average molecular weight is 260 g/mol. The van der Waals surface area contributed by atoms with Crippen LogP contribution in [0, 0.1) is 25.7 Å². The van der Waals surface area contributed by atoms with Crippen LogP contribution in [0.15, 0.2) is 18.2 Å². The van der Waals surface area contributed by atoms with E-state index in [1.165, 1.54) is 11.1 Å². The summed E-state index contributed by atoms with van der Waals surface area (Å²) in [6.07, 6.45) is 0. The van der Waals surface area contributed by atoms with Crippen LogP contribution in [0.1, 0.15) is 30.5 Å². The lowest BCUT2D eigenvalue weighted by atomic mass is 10.0. The fourth-order valence-corrected chi connectivity index (χ4v) is 3.46. The highest BCUT2D eigenvalue weighted by atomic mass is 28.4. The third kappa shape index (κ3) is 5.08. The van der Waals surface area contributed by atoms with E-state index in [1.807, 2.05) is 13.8 Å². The van der Waals surface area contributed by atoms with Crippen molar-refractivity contribution in [3.8, 4) is 11.8 Å².